The van der Waals surface area contributed by atoms with E-state index in [0.717, 1.165) is 101 Å². The van der Waals surface area contributed by atoms with Crippen LogP contribution in [0.4, 0.5) is 0 Å². The number of H-pyrrole nitrogens is 1. The van der Waals surface area contributed by atoms with Crippen LogP contribution in [0.15, 0.2) is 60.7 Å². The van der Waals surface area contributed by atoms with Crippen molar-refractivity contribution in [3.05, 3.63) is 83.3 Å². The molecule has 0 unspecified atom stereocenters. The van der Waals surface area contributed by atoms with Gasteiger partial charge < -0.3 is 24.5 Å². The molecule has 0 spiro atoms. The molecule has 1 fully saturated rings. The van der Waals surface area contributed by atoms with Crippen LogP contribution in [-0.2, 0) is 22.9 Å². The van der Waals surface area contributed by atoms with Crippen molar-refractivity contribution in [1.29, 1.82) is 0 Å². The number of rotatable bonds is 13. The maximum atomic E-state index is 13.3. The number of fused-ring (bicyclic) bond motifs is 2. The SMILES string of the molecule is CCOC(=O)c1[nH]c2c(-c3c([C@@H](CCN4CCOCC4)NC)nn(C)c3C)cccc2c1CCCOc1cccc2ccccc12. The van der Waals surface area contributed by atoms with Crippen molar-refractivity contribution in [2.75, 3.05) is 53.1 Å². The van der Waals surface area contributed by atoms with Gasteiger partial charge in [-0.25, -0.2) is 4.79 Å². The molecule has 1 aliphatic heterocycles. The van der Waals surface area contributed by atoms with Gasteiger partial charge in [0.05, 0.1) is 43.7 Å². The van der Waals surface area contributed by atoms with Gasteiger partial charge in [0, 0.05) is 54.3 Å². The van der Waals surface area contributed by atoms with Gasteiger partial charge in [-0.05, 0) is 57.2 Å². The quantitative estimate of drug-likeness (QED) is 0.119. The molecule has 46 heavy (non-hydrogen) atoms. The van der Waals surface area contributed by atoms with Gasteiger partial charge in [-0.1, -0.05) is 54.6 Å². The molecule has 6 rings (SSSR count). The summed E-state index contributed by atoms with van der Waals surface area (Å²) in [7, 11) is 4.00. The number of nitrogens with one attached hydrogen (secondary N) is 2. The van der Waals surface area contributed by atoms with E-state index in [1.54, 1.807) is 0 Å². The third kappa shape index (κ3) is 6.54. The van der Waals surface area contributed by atoms with Gasteiger partial charge in [-0.2, -0.15) is 5.10 Å². The van der Waals surface area contributed by atoms with Crippen LogP contribution in [0.5, 0.6) is 5.75 Å². The molecule has 2 N–H and O–H groups in total. The summed E-state index contributed by atoms with van der Waals surface area (Å²) in [6.45, 7) is 9.24. The highest BCUT2D eigenvalue weighted by Gasteiger charge is 2.27. The first kappa shape index (κ1) is 31.8. The van der Waals surface area contributed by atoms with Crippen molar-refractivity contribution in [1.82, 2.24) is 25.0 Å². The number of aromatic nitrogens is 3. The highest BCUT2D eigenvalue weighted by Crippen LogP contribution is 2.38. The van der Waals surface area contributed by atoms with Gasteiger partial charge >= 0.3 is 5.97 Å². The number of esters is 1. The van der Waals surface area contributed by atoms with Gasteiger partial charge in [0.2, 0.25) is 0 Å². The van der Waals surface area contributed by atoms with Crippen molar-refractivity contribution < 1.29 is 19.0 Å². The topological polar surface area (TPSA) is 93.6 Å². The normalized spacial score (nSPS) is 14.6. The lowest BCUT2D eigenvalue weighted by Crippen LogP contribution is -2.38. The second-order valence-corrected chi connectivity index (χ2v) is 11.9. The molecule has 9 nitrogen and oxygen atoms in total. The number of morpholine rings is 1. The van der Waals surface area contributed by atoms with Crippen LogP contribution in [0.3, 0.4) is 0 Å². The summed E-state index contributed by atoms with van der Waals surface area (Å²) in [5.41, 5.74) is 6.61. The molecule has 1 aliphatic rings. The fourth-order valence-corrected chi connectivity index (χ4v) is 6.64. The number of hydrogen-bond donors (Lipinski definition) is 2. The largest absolute Gasteiger partial charge is 0.493 e. The summed E-state index contributed by atoms with van der Waals surface area (Å²) in [6, 6.07) is 20.7. The molecule has 242 valence electrons. The molecule has 0 radical (unpaired) electrons. The zero-order valence-electron chi connectivity index (χ0n) is 27.4. The Balaban J connectivity index is 1.30. The first-order chi connectivity index (χ1) is 22.5. The van der Waals surface area contributed by atoms with Gasteiger partial charge in [0.1, 0.15) is 11.4 Å². The second kappa shape index (κ2) is 14.5. The molecule has 3 aromatic carbocycles. The number of aromatic amines is 1. The molecular weight excluding hydrogens is 578 g/mol. The summed E-state index contributed by atoms with van der Waals surface area (Å²) >= 11 is 0. The summed E-state index contributed by atoms with van der Waals surface area (Å²) in [5, 5.41) is 11.8. The number of nitrogens with zero attached hydrogens (tertiary/aromatic N) is 3. The van der Waals surface area contributed by atoms with E-state index in [4.69, 9.17) is 19.3 Å². The lowest BCUT2D eigenvalue weighted by atomic mass is 9.95. The summed E-state index contributed by atoms with van der Waals surface area (Å²) in [6.07, 6.45) is 2.34. The first-order valence-corrected chi connectivity index (χ1v) is 16.4. The van der Waals surface area contributed by atoms with Crippen molar-refractivity contribution in [2.45, 2.75) is 39.2 Å². The fraction of sp³-hybridized carbons (Fsp3) is 0.405. The van der Waals surface area contributed by atoms with Crippen molar-refractivity contribution in [3.8, 4) is 16.9 Å². The van der Waals surface area contributed by atoms with Gasteiger partial charge in [0.25, 0.3) is 0 Å². The average Bonchev–Trinajstić information content (AvgIpc) is 3.60. The maximum absolute atomic E-state index is 13.3. The van der Waals surface area contributed by atoms with E-state index in [2.05, 4.69) is 58.5 Å². The second-order valence-electron chi connectivity index (χ2n) is 11.9. The Morgan fingerprint density at radius 3 is 2.63 bits per heavy atom. The molecular formula is C37H45N5O4. The lowest BCUT2D eigenvalue weighted by molar-refractivity contribution is 0.0362. The van der Waals surface area contributed by atoms with Crippen molar-refractivity contribution in [2.24, 2.45) is 7.05 Å². The Morgan fingerprint density at radius 2 is 1.83 bits per heavy atom. The Labute approximate surface area is 270 Å². The molecule has 2 aromatic heterocycles. The van der Waals surface area contributed by atoms with E-state index in [9.17, 15) is 4.79 Å². The Kier molecular flexibility index (Phi) is 10.0. The van der Waals surface area contributed by atoms with E-state index in [0.29, 0.717) is 25.3 Å². The molecule has 0 amide bonds. The molecule has 0 aliphatic carbocycles. The number of para-hydroxylation sites is 1. The molecule has 0 bridgehead atoms. The van der Waals surface area contributed by atoms with Gasteiger partial charge in [-0.3, -0.25) is 9.58 Å². The smallest absolute Gasteiger partial charge is 0.355 e. The third-order valence-corrected chi connectivity index (χ3v) is 9.15. The van der Waals surface area contributed by atoms with E-state index < -0.39 is 0 Å². The number of ether oxygens (including phenoxy) is 3. The van der Waals surface area contributed by atoms with Crippen LogP contribution in [0.25, 0.3) is 32.8 Å². The number of carbonyl (C=O) groups excluding carboxylic acids is 1. The monoisotopic (exact) mass is 623 g/mol. The third-order valence-electron chi connectivity index (χ3n) is 9.15. The minimum atomic E-state index is -0.337. The average molecular weight is 624 g/mol. The van der Waals surface area contributed by atoms with Crippen LogP contribution >= 0.6 is 0 Å². The predicted molar refractivity (Wildman–Crippen MR) is 183 cm³/mol. The molecule has 3 heterocycles. The first-order valence-electron chi connectivity index (χ1n) is 16.4. The standard InChI is InChI=1S/C37H45N5O4/c1-5-45-37(43)35-29(16-10-22-46-32-17-8-12-26-11-6-7-13-27(26)32)28-14-9-15-30(34(28)39-35)33-25(2)41(4)40-36(33)31(38-3)18-19-42-20-23-44-24-21-42/h6-9,11-15,17,31,38-39H,5,10,16,18-24H2,1-4H3/t31-/m1/s1. The van der Waals surface area contributed by atoms with Gasteiger partial charge in [0.15, 0.2) is 0 Å². The van der Waals surface area contributed by atoms with Crippen LogP contribution < -0.4 is 10.1 Å². The highest BCUT2D eigenvalue weighted by molar-refractivity contribution is 6.04. The summed E-state index contributed by atoms with van der Waals surface area (Å²) in [4.78, 5) is 19.3. The highest BCUT2D eigenvalue weighted by atomic mass is 16.5. The van der Waals surface area contributed by atoms with Crippen molar-refractivity contribution in [3.63, 3.8) is 0 Å². The number of hydrogen-bond acceptors (Lipinski definition) is 7. The fourth-order valence-electron chi connectivity index (χ4n) is 6.64. The Bertz CT molecular complexity index is 1800. The lowest BCUT2D eigenvalue weighted by Gasteiger charge is -2.28. The van der Waals surface area contributed by atoms with Crippen LogP contribution in [0, 0.1) is 6.92 Å². The van der Waals surface area contributed by atoms with Crippen LogP contribution in [-0.4, -0.2) is 78.7 Å². The van der Waals surface area contributed by atoms with Crippen molar-refractivity contribution >= 4 is 27.6 Å². The number of aryl methyl sites for hydroxylation is 2. The van der Waals surface area contributed by atoms with E-state index in [1.165, 1.54) is 0 Å². The molecule has 9 heteroatoms. The molecule has 1 atom stereocenters. The van der Waals surface area contributed by atoms with E-state index in [1.807, 2.05) is 50.0 Å². The van der Waals surface area contributed by atoms with Crippen LogP contribution in [0.2, 0.25) is 0 Å². The zero-order chi connectivity index (χ0) is 32.0. The number of benzene rings is 3. The molecule has 1 saturated heterocycles. The maximum Gasteiger partial charge on any atom is 0.355 e. The van der Waals surface area contributed by atoms with E-state index >= 15 is 0 Å². The summed E-state index contributed by atoms with van der Waals surface area (Å²) < 4.78 is 19.3. The summed E-state index contributed by atoms with van der Waals surface area (Å²) in [5.74, 6) is 0.536. The zero-order valence-corrected chi connectivity index (χ0v) is 27.4. The molecule has 5 aromatic rings. The number of carbonyl (C=O) groups is 1. The Hall–Kier alpha value is -4.18. The van der Waals surface area contributed by atoms with Gasteiger partial charge in [-0.15, -0.1) is 0 Å². The predicted octanol–water partition coefficient (Wildman–Crippen LogP) is 6.20. The minimum absolute atomic E-state index is 0.0678. The van der Waals surface area contributed by atoms with Crippen LogP contribution in [0.1, 0.15) is 53.2 Å². The van der Waals surface area contributed by atoms with E-state index in [-0.39, 0.29) is 12.0 Å². The minimum Gasteiger partial charge on any atom is -0.493 e. The molecule has 0 saturated carbocycles. The Morgan fingerprint density at radius 1 is 1.07 bits per heavy atom.